The monoisotopic (exact) mass is 292 g/mol. The molecule has 1 aromatic heterocycles. The quantitative estimate of drug-likeness (QED) is 0.803. The van der Waals surface area contributed by atoms with Crippen LogP contribution in [0.1, 0.15) is 49.5 Å². The first-order valence-electron chi connectivity index (χ1n) is 7.75. The molecule has 0 saturated carbocycles. The Labute approximate surface area is 125 Å². The van der Waals surface area contributed by atoms with E-state index >= 15 is 0 Å². The van der Waals surface area contributed by atoms with Gasteiger partial charge in [0.2, 0.25) is 0 Å². The van der Waals surface area contributed by atoms with Gasteiger partial charge in [-0.05, 0) is 32.1 Å². The summed E-state index contributed by atoms with van der Waals surface area (Å²) in [7, 11) is 0. The zero-order valence-electron chi connectivity index (χ0n) is 12.6. The molecule has 0 bridgehead atoms. The molecule has 1 aromatic rings. The van der Waals surface area contributed by atoms with Crippen molar-refractivity contribution in [1.82, 2.24) is 15.3 Å². The van der Waals surface area contributed by atoms with E-state index < -0.39 is 0 Å². The summed E-state index contributed by atoms with van der Waals surface area (Å²) in [5.74, 6) is 0.457. The van der Waals surface area contributed by atoms with Crippen LogP contribution in [0.25, 0.3) is 0 Å². The van der Waals surface area contributed by atoms with Crippen LogP contribution in [-0.4, -0.2) is 41.7 Å². The molecule has 1 unspecified atom stereocenters. The molecule has 21 heavy (non-hydrogen) atoms. The van der Waals surface area contributed by atoms with Crippen molar-refractivity contribution in [2.24, 2.45) is 0 Å². The van der Waals surface area contributed by atoms with Crippen LogP contribution in [0.5, 0.6) is 0 Å². The molecule has 6 heteroatoms. The van der Waals surface area contributed by atoms with Gasteiger partial charge in [-0.3, -0.25) is 9.78 Å². The van der Waals surface area contributed by atoms with Crippen LogP contribution in [0, 0.1) is 0 Å². The smallest absolute Gasteiger partial charge is 0.271 e. The highest BCUT2D eigenvalue weighted by atomic mass is 16.5. The number of hydrogen-bond donors (Lipinski definition) is 2. The molecular weight excluding hydrogens is 268 g/mol. The van der Waals surface area contributed by atoms with Gasteiger partial charge in [0.15, 0.2) is 0 Å². The fourth-order valence-electron chi connectivity index (χ4n) is 2.29. The lowest BCUT2D eigenvalue weighted by atomic mass is 10.1. The Morgan fingerprint density at radius 3 is 3.05 bits per heavy atom. The van der Waals surface area contributed by atoms with Gasteiger partial charge in [0.1, 0.15) is 11.5 Å². The summed E-state index contributed by atoms with van der Waals surface area (Å²) in [5.41, 5.74) is 0.348. The Kier molecular flexibility index (Phi) is 6.40. The number of anilines is 1. The molecule has 2 N–H and O–H groups in total. The van der Waals surface area contributed by atoms with E-state index in [9.17, 15) is 4.79 Å². The summed E-state index contributed by atoms with van der Waals surface area (Å²) in [6, 6.07) is 0. The molecular formula is C15H24N4O2. The number of hydrogen-bond acceptors (Lipinski definition) is 5. The highest BCUT2D eigenvalue weighted by molar-refractivity contribution is 5.92. The van der Waals surface area contributed by atoms with Gasteiger partial charge in [-0.25, -0.2) is 4.98 Å². The SMILES string of the molecule is CCCNc1cncc(C(=O)NCCC2CCCCO2)n1. The van der Waals surface area contributed by atoms with Crippen LogP contribution >= 0.6 is 0 Å². The normalized spacial score (nSPS) is 18.2. The van der Waals surface area contributed by atoms with E-state index in [0.717, 1.165) is 38.8 Å². The Morgan fingerprint density at radius 2 is 2.29 bits per heavy atom. The van der Waals surface area contributed by atoms with E-state index in [1.807, 2.05) is 0 Å². The molecule has 1 atom stereocenters. The standard InChI is InChI=1S/C15H24N4O2/c1-2-7-17-14-11-16-10-13(19-14)15(20)18-8-6-12-5-3-4-9-21-12/h10-12H,2-9H2,1H3,(H,17,19)(H,18,20). The third-order valence-electron chi connectivity index (χ3n) is 3.45. The first-order valence-corrected chi connectivity index (χ1v) is 7.75. The molecule has 0 aliphatic carbocycles. The number of carbonyl (C=O) groups is 1. The average Bonchev–Trinajstić information content (AvgIpc) is 2.54. The van der Waals surface area contributed by atoms with Crippen LogP contribution in [0.15, 0.2) is 12.4 Å². The summed E-state index contributed by atoms with van der Waals surface area (Å²) in [6.07, 6.45) is 8.71. The molecule has 0 radical (unpaired) electrons. The van der Waals surface area contributed by atoms with Crippen molar-refractivity contribution in [1.29, 1.82) is 0 Å². The minimum atomic E-state index is -0.182. The van der Waals surface area contributed by atoms with Crippen molar-refractivity contribution in [3.05, 3.63) is 18.1 Å². The Balaban J connectivity index is 1.76. The largest absolute Gasteiger partial charge is 0.378 e. The molecule has 2 rings (SSSR count). The fourth-order valence-corrected chi connectivity index (χ4v) is 2.29. The summed E-state index contributed by atoms with van der Waals surface area (Å²) in [5, 5.41) is 6.00. The third-order valence-corrected chi connectivity index (χ3v) is 3.45. The van der Waals surface area contributed by atoms with Gasteiger partial charge < -0.3 is 15.4 Å². The second kappa shape index (κ2) is 8.56. The molecule has 0 aromatic carbocycles. The highest BCUT2D eigenvalue weighted by Crippen LogP contribution is 2.14. The van der Waals surface area contributed by atoms with Crippen molar-refractivity contribution in [2.45, 2.75) is 45.1 Å². The number of carbonyl (C=O) groups excluding carboxylic acids is 1. The molecule has 2 heterocycles. The Hall–Kier alpha value is -1.69. The van der Waals surface area contributed by atoms with Crippen LogP contribution in [0.4, 0.5) is 5.82 Å². The maximum atomic E-state index is 12.0. The van der Waals surface area contributed by atoms with Gasteiger partial charge in [-0.2, -0.15) is 0 Å². The summed E-state index contributed by atoms with van der Waals surface area (Å²) in [6.45, 7) is 4.34. The summed E-state index contributed by atoms with van der Waals surface area (Å²) >= 11 is 0. The van der Waals surface area contributed by atoms with Crippen molar-refractivity contribution >= 4 is 11.7 Å². The molecule has 1 amide bonds. The Morgan fingerprint density at radius 1 is 1.38 bits per heavy atom. The van der Waals surface area contributed by atoms with Crippen LogP contribution in [0.2, 0.25) is 0 Å². The molecule has 6 nitrogen and oxygen atoms in total. The van der Waals surface area contributed by atoms with Gasteiger partial charge in [0.25, 0.3) is 5.91 Å². The van der Waals surface area contributed by atoms with Gasteiger partial charge in [0, 0.05) is 19.7 Å². The number of nitrogens with zero attached hydrogens (tertiary/aromatic N) is 2. The van der Waals surface area contributed by atoms with Crippen molar-refractivity contribution in [3.8, 4) is 0 Å². The van der Waals surface area contributed by atoms with E-state index in [1.54, 1.807) is 6.20 Å². The molecule has 0 spiro atoms. The number of nitrogens with one attached hydrogen (secondary N) is 2. The second-order valence-electron chi connectivity index (χ2n) is 5.25. The maximum Gasteiger partial charge on any atom is 0.271 e. The Bertz CT molecular complexity index is 447. The zero-order valence-corrected chi connectivity index (χ0v) is 12.6. The minimum absolute atomic E-state index is 0.182. The average molecular weight is 292 g/mol. The van der Waals surface area contributed by atoms with E-state index in [2.05, 4.69) is 27.5 Å². The lowest BCUT2D eigenvalue weighted by Gasteiger charge is -2.22. The first kappa shape index (κ1) is 15.7. The van der Waals surface area contributed by atoms with Crippen LogP contribution in [-0.2, 0) is 4.74 Å². The molecule has 1 saturated heterocycles. The molecule has 1 aliphatic heterocycles. The number of aromatic nitrogens is 2. The molecule has 1 fully saturated rings. The van der Waals surface area contributed by atoms with Crippen molar-refractivity contribution < 1.29 is 9.53 Å². The van der Waals surface area contributed by atoms with E-state index in [1.165, 1.54) is 12.6 Å². The lowest BCUT2D eigenvalue weighted by molar-refractivity contribution is 0.0117. The minimum Gasteiger partial charge on any atom is -0.378 e. The first-order chi connectivity index (χ1) is 10.3. The zero-order chi connectivity index (χ0) is 14.9. The van der Waals surface area contributed by atoms with E-state index in [-0.39, 0.29) is 12.0 Å². The summed E-state index contributed by atoms with van der Waals surface area (Å²) < 4.78 is 5.64. The van der Waals surface area contributed by atoms with Gasteiger partial charge in [-0.15, -0.1) is 0 Å². The highest BCUT2D eigenvalue weighted by Gasteiger charge is 2.14. The maximum absolute atomic E-state index is 12.0. The fraction of sp³-hybridized carbons (Fsp3) is 0.667. The molecule has 116 valence electrons. The van der Waals surface area contributed by atoms with Crippen LogP contribution < -0.4 is 10.6 Å². The van der Waals surface area contributed by atoms with Gasteiger partial charge in [-0.1, -0.05) is 6.92 Å². The topological polar surface area (TPSA) is 76.1 Å². The number of ether oxygens (including phenoxy) is 1. The number of amides is 1. The van der Waals surface area contributed by atoms with Crippen LogP contribution in [0.3, 0.4) is 0 Å². The third kappa shape index (κ3) is 5.30. The summed E-state index contributed by atoms with van der Waals surface area (Å²) in [4.78, 5) is 20.3. The number of rotatable bonds is 7. The van der Waals surface area contributed by atoms with Gasteiger partial charge in [0.05, 0.1) is 18.5 Å². The lowest BCUT2D eigenvalue weighted by Crippen LogP contribution is -2.30. The predicted octanol–water partition coefficient (Wildman–Crippen LogP) is 1.99. The van der Waals surface area contributed by atoms with E-state index in [0.29, 0.717) is 18.1 Å². The van der Waals surface area contributed by atoms with E-state index in [4.69, 9.17) is 4.74 Å². The predicted molar refractivity (Wildman–Crippen MR) is 81.4 cm³/mol. The second-order valence-corrected chi connectivity index (χ2v) is 5.25. The van der Waals surface area contributed by atoms with Gasteiger partial charge >= 0.3 is 0 Å². The van der Waals surface area contributed by atoms with Crippen molar-refractivity contribution in [3.63, 3.8) is 0 Å². The van der Waals surface area contributed by atoms with Crippen molar-refractivity contribution in [2.75, 3.05) is 25.0 Å². The molecule has 1 aliphatic rings.